The molecule has 1 rings (SSSR count). The van der Waals surface area contributed by atoms with Crippen molar-refractivity contribution < 1.29 is 41.3 Å². The number of carbonyl (C=O) groups excluding carboxylic acids is 1. The van der Waals surface area contributed by atoms with Crippen molar-refractivity contribution in [1.29, 1.82) is 0 Å². The van der Waals surface area contributed by atoms with Gasteiger partial charge in [-0.25, -0.2) is 4.79 Å². The molecule has 0 aliphatic carbocycles. The van der Waals surface area contributed by atoms with E-state index in [-0.39, 0.29) is 5.88 Å². The van der Waals surface area contributed by atoms with Gasteiger partial charge in [0.05, 0.1) is 26.9 Å². The first-order chi connectivity index (χ1) is 8.75. The van der Waals surface area contributed by atoms with Crippen molar-refractivity contribution in [2.75, 3.05) is 32.8 Å². The summed E-state index contributed by atoms with van der Waals surface area (Å²) in [6, 6.07) is 0. The Hall–Kier alpha value is -0.640. The lowest BCUT2D eigenvalue weighted by Crippen LogP contribution is -2.64. The molecule has 1 aliphatic rings. The van der Waals surface area contributed by atoms with Crippen molar-refractivity contribution in [3.8, 4) is 0 Å². The molecule has 0 saturated carbocycles. The van der Waals surface area contributed by atoms with Crippen LogP contribution in [0.2, 0.25) is 0 Å². The molecule has 5 nitrogen and oxygen atoms in total. The normalized spacial score (nSPS) is 19.5. The summed E-state index contributed by atoms with van der Waals surface area (Å²) in [7, 11) is 0.551. The highest BCUT2D eigenvalue weighted by atomic mass is 35.5. The standard InChI is InChI=1S/C9H11ClF4O5/c1-16-6(15)7(11,12)8(13,14)9(17-3-2-10)18-4-5-19-9/h2-5H2,1H3. The van der Waals surface area contributed by atoms with Gasteiger partial charge in [-0.1, -0.05) is 0 Å². The summed E-state index contributed by atoms with van der Waals surface area (Å²) >= 11 is 5.24. The Morgan fingerprint density at radius 1 is 1.32 bits per heavy atom. The maximum absolute atomic E-state index is 13.9. The summed E-state index contributed by atoms with van der Waals surface area (Å²) in [6.45, 7) is -1.32. The van der Waals surface area contributed by atoms with E-state index in [0.29, 0.717) is 7.11 Å². The predicted octanol–water partition coefficient (Wildman–Crippen LogP) is 1.39. The Kier molecular flexibility index (Phi) is 4.99. The molecular weight excluding hydrogens is 300 g/mol. The van der Waals surface area contributed by atoms with E-state index in [1.165, 1.54) is 0 Å². The van der Waals surface area contributed by atoms with Crippen molar-refractivity contribution in [3.05, 3.63) is 0 Å². The second kappa shape index (κ2) is 5.78. The molecule has 0 bridgehead atoms. The molecule has 0 atom stereocenters. The lowest BCUT2D eigenvalue weighted by Gasteiger charge is -2.36. The van der Waals surface area contributed by atoms with Gasteiger partial charge in [0, 0.05) is 5.88 Å². The van der Waals surface area contributed by atoms with Gasteiger partial charge in [-0.05, 0) is 0 Å². The van der Waals surface area contributed by atoms with Crippen LogP contribution in [0.3, 0.4) is 0 Å². The number of ether oxygens (including phenoxy) is 4. The Bertz CT molecular complexity index is 333. The van der Waals surface area contributed by atoms with Gasteiger partial charge in [0.2, 0.25) is 0 Å². The number of carbonyl (C=O) groups is 1. The summed E-state index contributed by atoms with van der Waals surface area (Å²) in [5, 5.41) is 0. The van der Waals surface area contributed by atoms with Crippen LogP contribution in [0.1, 0.15) is 0 Å². The van der Waals surface area contributed by atoms with Gasteiger partial charge >= 0.3 is 23.8 Å². The lowest BCUT2D eigenvalue weighted by atomic mass is 10.1. The van der Waals surface area contributed by atoms with Crippen molar-refractivity contribution in [2.24, 2.45) is 0 Å². The average Bonchev–Trinajstić information content (AvgIpc) is 2.85. The Balaban J connectivity index is 3.08. The van der Waals surface area contributed by atoms with Gasteiger partial charge in [-0.2, -0.15) is 17.6 Å². The maximum Gasteiger partial charge on any atom is 0.412 e. The molecule has 0 aromatic rings. The Morgan fingerprint density at radius 2 is 1.84 bits per heavy atom. The van der Waals surface area contributed by atoms with Crippen LogP contribution in [-0.2, 0) is 23.7 Å². The summed E-state index contributed by atoms with van der Waals surface area (Å²) in [4.78, 5) is 10.8. The molecule has 0 aromatic heterocycles. The van der Waals surface area contributed by atoms with E-state index >= 15 is 0 Å². The minimum absolute atomic E-state index is 0.256. The number of halogens is 5. The molecule has 1 saturated heterocycles. The highest BCUT2D eigenvalue weighted by molar-refractivity contribution is 6.17. The smallest absolute Gasteiger partial charge is 0.412 e. The molecule has 0 spiro atoms. The van der Waals surface area contributed by atoms with Crippen molar-refractivity contribution in [2.45, 2.75) is 17.8 Å². The summed E-state index contributed by atoms with van der Waals surface area (Å²) in [5.41, 5.74) is 0. The van der Waals surface area contributed by atoms with E-state index in [0.717, 1.165) is 0 Å². The van der Waals surface area contributed by atoms with Crippen molar-refractivity contribution in [3.63, 3.8) is 0 Å². The highest BCUT2D eigenvalue weighted by Crippen LogP contribution is 2.47. The fourth-order valence-electron chi connectivity index (χ4n) is 1.37. The van der Waals surface area contributed by atoms with Crippen LogP contribution < -0.4 is 0 Å². The number of alkyl halides is 5. The third kappa shape index (κ3) is 2.64. The fraction of sp³-hybridized carbons (Fsp3) is 0.889. The average molecular weight is 311 g/mol. The van der Waals surface area contributed by atoms with Gasteiger partial charge in [0.15, 0.2) is 0 Å². The summed E-state index contributed by atoms with van der Waals surface area (Å²) in [6.07, 6.45) is 0. The molecular formula is C9H11ClF4O5. The van der Waals surface area contributed by atoms with Crippen molar-refractivity contribution >= 4 is 17.6 Å². The Labute approximate surface area is 110 Å². The number of methoxy groups -OCH3 is 1. The van der Waals surface area contributed by atoms with E-state index in [9.17, 15) is 22.4 Å². The molecule has 0 N–H and O–H groups in total. The van der Waals surface area contributed by atoms with Crippen LogP contribution in [0.25, 0.3) is 0 Å². The van der Waals surface area contributed by atoms with Crippen LogP contribution >= 0.6 is 11.6 Å². The largest absolute Gasteiger partial charge is 0.464 e. The molecule has 1 heterocycles. The number of hydrogen-bond donors (Lipinski definition) is 0. The zero-order valence-electron chi connectivity index (χ0n) is 9.76. The molecule has 0 unspecified atom stereocenters. The lowest BCUT2D eigenvalue weighted by molar-refractivity contribution is -0.446. The highest BCUT2D eigenvalue weighted by Gasteiger charge is 2.77. The summed E-state index contributed by atoms with van der Waals surface area (Å²) in [5.74, 6) is -16.3. The summed E-state index contributed by atoms with van der Waals surface area (Å²) < 4.78 is 71.6. The van der Waals surface area contributed by atoms with E-state index in [2.05, 4.69) is 18.9 Å². The predicted molar refractivity (Wildman–Crippen MR) is 53.2 cm³/mol. The fourth-order valence-corrected chi connectivity index (χ4v) is 1.45. The minimum Gasteiger partial charge on any atom is -0.464 e. The van der Waals surface area contributed by atoms with Gasteiger partial charge < -0.3 is 18.9 Å². The van der Waals surface area contributed by atoms with Gasteiger partial charge in [-0.3, -0.25) is 0 Å². The zero-order chi connectivity index (χ0) is 14.7. The molecule has 0 aromatic carbocycles. The molecule has 112 valence electrons. The molecule has 1 fully saturated rings. The SMILES string of the molecule is COC(=O)C(F)(F)C(F)(F)C1(OCCCl)OCCO1. The first kappa shape index (κ1) is 16.4. The molecule has 1 aliphatic heterocycles. The molecule has 19 heavy (non-hydrogen) atoms. The monoisotopic (exact) mass is 310 g/mol. The topological polar surface area (TPSA) is 54.0 Å². The second-order valence-corrected chi connectivity index (χ2v) is 3.81. The minimum atomic E-state index is -5.18. The molecule has 0 amide bonds. The molecule has 0 radical (unpaired) electrons. The van der Waals surface area contributed by atoms with E-state index in [1.807, 2.05) is 0 Å². The number of rotatable bonds is 6. The maximum atomic E-state index is 13.9. The van der Waals surface area contributed by atoms with Crippen LogP contribution in [-0.4, -0.2) is 56.6 Å². The third-order valence-electron chi connectivity index (χ3n) is 2.26. The van der Waals surface area contributed by atoms with Gasteiger partial charge in [-0.15, -0.1) is 11.6 Å². The first-order valence-electron chi connectivity index (χ1n) is 5.07. The van der Waals surface area contributed by atoms with Crippen LogP contribution in [0, 0.1) is 0 Å². The van der Waals surface area contributed by atoms with Crippen LogP contribution in [0.5, 0.6) is 0 Å². The van der Waals surface area contributed by atoms with Crippen LogP contribution in [0.15, 0.2) is 0 Å². The van der Waals surface area contributed by atoms with Gasteiger partial charge in [0.25, 0.3) is 0 Å². The van der Waals surface area contributed by atoms with Gasteiger partial charge in [0.1, 0.15) is 0 Å². The van der Waals surface area contributed by atoms with E-state index < -0.39 is 43.6 Å². The first-order valence-corrected chi connectivity index (χ1v) is 5.60. The Morgan fingerprint density at radius 3 is 2.26 bits per heavy atom. The quantitative estimate of drug-likeness (QED) is 0.421. The number of hydrogen-bond acceptors (Lipinski definition) is 5. The van der Waals surface area contributed by atoms with E-state index in [4.69, 9.17) is 11.6 Å². The second-order valence-electron chi connectivity index (χ2n) is 3.43. The van der Waals surface area contributed by atoms with E-state index in [1.54, 1.807) is 0 Å². The number of esters is 1. The zero-order valence-corrected chi connectivity index (χ0v) is 10.5. The van der Waals surface area contributed by atoms with Crippen LogP contribution in [0.4, 0.5) is 17.6 Å². The van der Waals surface area contributed by atoms with Crippen molar-refractivity contribution in [1.82, 2.24) is 0 Å². The molecule has 10 heteroatoms. The third-order valence-corrected chi connectivity index (χ3v) is 2.41.